The van der Waals surface area contributed by atoms with Crippen LogP contribution in [0, 0.1) is 0 Å². The van der Waals surface area contributed by atoms with E-state index in [1.54, 1.807) is 6.92 Å². The number of nitrogens with zero attached hydrogens (tertiary/aromatic N) is 1. The Balaban J connectivity index is 3.92. The summed E-state index contributed by atoms with van der Waals surface area (Å²) < 4.78 is 0. The largest absolute Gasteiger partial charge is 0.395 e. The monoisotopic (exact) mass is 179 g/mol. The van der Waals surface area contributed by atoms with Crippen LogP contribution in [0.4, 0.5) is 0 Å². The molecule has 1 amide bonds. The lowest BCUT2D eigenvalue weighted by Gasteiger charge is -2.20. The Morgan fingerprint density at radius 2 is 2.27 bits per heavy atom. The van der Waals surface area contributed by atoms with Gasteiger partial charge in [0.15, 0.2) is 0 Å². The maximum absolute atomic E-state index is 11.1. The van der Waals surface area contributed by atoms with Crippen LogP contribution in [0.25, 0.3) is 0 Å². The molecule has 0 saturated carbocycles. The first kappa shape index (κ1) is 10.7. The summed E-state index contributed by atoms with van der Waals surface area (Å²) in [4.78, 5) is 12.7. The molecule has 0 fully saturated rings. The summed E-state index contributed by atoms with van der Waals surface area (Å²) in [6, 6.07) is 0. The molecule has 0 aliphatic carbocycles. The van der Waals surface area contributed by atoms with Gasteiger partial charge in [0.1, 0.15) is 5.38 Å². The second-order valence-electron chi connectivity index (χ2n) is 2.26. The van der Waals surface area contributed by atoms with E-state index in [9.17, 15) is 4.79 Å². The summed E-state index contributed by atoms with van der Waals surface area (Å²) in [5.41, 5.74) is 0. The molecule has 0 spiro atoms. The summed E-state index contributed by atoms with van der Waals surface area (Å²) >= 11 is 5.56. The van der Waals surface area contributed by atoms with Crippen molar-refractivity contribution in [3.05, 3.63) is 0 Å². The Morgan fingerprint density at radius 1 is 1.73 bits per heavy atom. The van der Waals surface area contributed by atoms with Gasteiger partial charge in [-0.25, -0.2) is 0 Å². The number of carbonyl (C=O) groups is 1. The molecular weight excluding hydrogens is 166 g/mol. The molecule has 0 bridgehead atoms. The molecule has 0 aromatic rings. The molecule has 0 rings (SSSR count). The molecule has 1 N–H and O–H groups in total. The molecule has 0 radical (unpaired) electrons. The zero-order chi connectivity index (χ0) is 8.85. The summed E-state index contributed by atoms with van der Waals surface area (Å²) in [5.74, 6) is -0.122. The fourth-order valence-corrected chi connectivity index (χ4v) is 0.934. The highest BCUT2D eigenvalue weighted by atomic mass is 35.5. The molecular formula is C7H14ClNO2. The van der Waals surface area contributed by atoms with Gasteiger partial charge in [-0.2, -0.15) is 0 Å². The van der Waals surface area contributed by atoms with Crippen LogP contribution in [0.5, 0.6) is 0 Å². The highest BCUT2D eigenvalue weighted by Gasteiger charge is 2.15. The van der Waals surface area contributed by atoms with Crippen LogP contribution in [0.2, 0.25) is 0 Å². The Labute approximate surface area is 71.9 Å². The van der Waals surface area contributed by atoms with Crippen molar-refractivity contribution in [2.45, 2.75) is 19.2 Å². The van der Waals surface area contributed by atoms with Crippen molar-refractivity contribution in [1.82, 2.24) is 4.90 Å². The molecule has 1 atom stereocenters. The van der Waals surface area contributed by atoms with Gasteiger partial charge in [0.05, 0.1) is 6.61 Å². The SMILES string of the molecule is CCN(CCO)C(=O)C(C)Cl. The fraction of sp³-hybridized carbons (Fsp3) is 0.857. The maximum atomic E-state index is 11.1. The van der Waals surface area contributed by atoms with Crippen LogP contribution in [-0.4, -0.2) is 41.0 Å². The molecule has 0 heterocycles. The predicted octanol–water partition coefficient (Wildman–Crippen LogP) is 0.454. The highest BCUT2D eigenvalue weighted by molar-refractivity contribution is 6.30. The number of likely N-dealkylation sites (N-methyl/N-ethyl adjacent to an activating group) is 1. The number of carbonyl (C=O) groups excluding carboxylic acids is 1. The van der Waals surface area contributed by atoms with Gasteiger partial charge in [0.25, 0.3) is 0 Å². The number of hydrogen-bond donors (Lipinski definition) is 1. The smallest absolute Gasteiger partial charge is 0.240 e. The zero-order valence-electron chi connectivity index (χ0n) is 6.88. The van der Waals surface area contributed by atoms with E-state index in [0.717, 1.165) is 0 Å². The highest BCUT2D eigenvalue weighted by Crippen LogP contribution is 2.00. The van der Waals surface area contributed by atoms with Crippen molar-refractivity contribution < 1.29 is 9.90 Å². The second kappa shape index (κ2) is 5.38. The van der Waals surface area contributed by atoms with E-state index < -0.39 is 5.38 Å². The molecule has 0 aliphatic rings. The van der Waals surface area contributed by atoms with E-state index in [1.807, 2.05) is 6.92 Å². The Hall–Kier alpha value is -0.280. The van der Waals surface area contributed by atoms with Crippen LogP contribution in [-0.2, 0) is 4.79 Å². The van der Waals surface area contributed by atoms with Crippen LogP contribution in [0.1, 0.15) is 13.8 Å². The summed E-state index contributed by atoms with van der Waals surface area (Å²) in [5, 5.41) is 8.06. The minimum Gasteiger partial charge on any atom is -0.395 e. The van der Waals surface area contributed by atoms with E-state index >= 15 is 0 Å². The normalized spacial score (nSPS) is 12.7. The lowest BCUT2D eigenvalue weighted by atomic mass is 10.4. The quantitative estimate of drug-likeness (QED) is 0.637. The van der Waals surface area contributed by atoms with Crippen LogP contribution >= 0.6 is 11.6 Å². The molecule has 11 heavy (non-hydrogen) atoms. The average molecular weight is 180 g/mol. The lowest BCUT2D eigenvalue weighted by Crippen LogP contribution is -2.37. The molecule has 4 heteroatoms. The van der Waals surface area contributed by atoms with Crippen LogP contribution < -0.4 is 0 Å². The first-order valence-electron chi connectivity index (χ1n) is 3.67. The first-order chi connectivity index (χ1) is 5.13. The van der Waals surface area contributed by atoms with Crippen LogP contribution in [0.15, 0.2) is 0 Å². The summed E-state index contributed by atoms with van der Waals surface area (Å²) in [7, 11) is 0. The van der Waals surface area contributed by atoms with E-state index in [2.05, 4.69) is 0 Å². The minimum atomic E-state index is -0.499. The molecule has 0 aromatic heterocycles. The summed E-state index contributed by atoms with van der Waals surface area (Å²) in [6.45, 7) is 4.43. The lowest BCUT2D eigenvalue weighted by molar-refractivity contribution is -0.130. The van der Waals surface area contributed by atoms with Crippen molar-refractivity contribution in [2.24, 2.45) is 0 Å². The standard InChI is InChI=1S/C7H14ClNO2/c1-3-9(4-5-10)7(11)6(2)8/h6,10H,3-5H2,1-2H3. The Morgan fingerprint density at radius 3 is 2.55 bits per heavy atom. The number of alkyl halides is 1. The van der Waals surface area contributed by atoms with Gasteiger partial charge in [0.2, 0.25) is 5.91 Å². The third kappa shape index (κ3) is 3.58. The predicted molar refractivity (Wildman–Crippen MR) is 44.7 cm³/mol. The molecule has 66 valence electrons. The number of amides is 1. The number of aliphatic hydroxyl groups is 1. The van der Waals surface area contributed by atoms with Crippen molar-refractivity contribution in [1.29, 1.82) is 0 Å². The van der Waals surface area contributed by atoms with Crippen molar-refractivity contribution >= 4 is 17.5 Å². The van der Waals surface area contributed by atoms with Gasteiger partial charge in [0, 0.05) is 13.1 Å². The van der Waals surface area contributed by atoms with Crippen molar-refractivity contribution in [3.63, 3.8) is 0 Å². The minimum absolute atomic E-state index is 0.0107. The van der Waals surface area contributed by atoms with Crippen LogP contribution in [0.3, 0.4) is 0 Å². The summed E-state index contributed by atoms with van der Waals surface area (Å²) in [6.07, 6.45) is 0. The van der Waals surface area contributed by atoms with Gasteiger partial charge < -0.3 is 10.0 Å². The van der Waals surface area contributed by atoms with Gasteiger partial charge >= 0.3 is 0 Å². The van der Waals surface area contributed by atoms with Gasteiger partial charge in [-0.15, -0.1) is 11.6 Å². The first-order valence-corrected chi connectivity index (χ1v) is 4.10. The zero-order valence-corrected chi connectivity index (χ0v) is 7.64. The third-order valence-electron chi connectivity index (χ3n) is 1.40. The Bertz CT molecular complexity index is 128. The van der Waals surface area contributed by atoms with Gasteiger partial charge in [-0.3, -0.25) is 4.79 Å². The Kier molecular flexibility index (Phi) is 5.24. The molecule has 3 nitrogen and oxygen atoms in total. The molecule has 0 aliphatic heterocycles. The van der Waals surface area contributed by atoms with Crippen molar-refractivity contribution in [2.75, 3.05) is 19.7 Å². The average Bonchev–Trinajstić information content (AvgIpc) is 1.98. The van der Waals surface area contributed by atoms with E-state index in [0.29, 0.717) is 13.1 Å². The van der Waals surface area contributed by atoms with Crippen molar-refractivity contribution in [3.8, 4) is 0 Å². The topological polar surface area (TPSA) is 40.5 Å². The number of hydrogen-bond acceptors (Lipinski definition) is 2. The molecule has 0 saturated heterocycles. The number of aliphatic hydroxyl groups excluding tert-OH is 1. The maximum Gasteiger partial charge on any atom is 0.240 e. The van der Waals surface area contributed by atoms with Gasteiger partial charge in [-0.1, -0.05) is 0 Å². The van der Waals surface area contributed by atoms with Gasteiger partial charge in [-0.05, 0) is 13.8 Å². The third-order valence-corrected chi connectivity index (χ3v) is 1.59. The number of halogens is 1. The molecule has 1 unspecified atom stereocenters. The van der Waals surface area contributed by atoms with E-state index in [4.69, 9.17) is 16.7 Å². The van der Waals surface area contributed by atoms with E-state index in [1.165, 1.54) is 4.90 Å². The van der Waals surface area contributed by atoms with E-state index in [-0.39, 0.29) is 12.5 Å². The fourth-order valence-electron chi connectivity index (χ4n) is 0.796. The molecule has 0 aromatic carbocycles. The second-order valence-corrected chi connectivity index (χ2v) is 2.91. The number of rotatable bonds is 4.